The summed E-state index contributed by atoms with van der Waals surface area (Å²) < 4.78 is 23.6. The Balaban J connectivity index is 0.000000461. The number of H-pyrrole nitrogens is 2. The van der Waals surface area contributed by atoms with Crippen LogP contribution in [0.5, 0.6) is 0 Å². The van der Waals surface area contributed by atoms with Crippen molar-refractivity contribution in [3.63, 3.8) is 0 Å². The summed E-state index contributed by atoms with van der Waals surface area (Å²) in [6.07, 6.45) is 3.10. The van der Waals surface area contributed by atoms with Gasteiger partial charge in [0.15, 0.2) is 9.84 Å². The van der Waals surface area contributed by atoms with Crippen LogP contribution in [0.1, 0.15) is 13.3 Å². The first kappa shape index (κ1) is 21.6. The number of aromatic nitrogens is 2. The minimum absolute atomic E-state index is 0.213. The summed E-state index contributed by atoms with van der Waals surface area (Å²) >= 11 is 6.40. The third-order valence-electron chi connectivity index (χ3n) is 4.50. The third kappa shape index (κ3) is 4.39. The molecule has 0 aliphatic rings. The summed E-state index contributed by atoms with van der Waals surface area (Å²) in [5.74, 6) is -0.745. The minimum atomic E-state index is -3.32. The second kappa shape index (κ2) is 8.33. The lowest BCUT2D eigenvalue weighted by Crippen LogP contribution is -2.06. The van der Waals surface area contributed by atoms with Gasteiger partial charge in [-0.05, 0) is 35.9 Å². The van der Waals surface area contributed by atoms with Crippen molar-refractivity contribution in [1.29, 1.82) is 0 Å². The second-order valence-electron chi connectivity index (χ2n) is 6.65. The summed E-state index contributed by atoms with van der Waals surface area (Å²) in [5, 5.41) is 9.78. The van der Waals surface area contributed by atoms with Gasteiger partial charge in [-0.25, -0.2) is 8.42 Å². The summed E-state index contributed by atoms with van der Waals surface area (Å²) in [4.78, 5) is 27.4. The molecular formula is C21H19ClN2O5S. The normalized spacial score (nSPS) is 11.3. The molecule has 0 aliphatic carbocycles. The molecule has 2 aromatic carbocycles. The number of pyridine rings is 1. The van der Waals surface area contributed by atoms with Gasteiger partial charge in [-0.2, -0.15) is 0 Å². The smallest absolute Gasteiger partial charge is 0.303 e. The van der Waals surface area contributed by atoms with Crippen LogP contribution in [0.3, 0.4) is 0 Å². The van der Waals surface area contributed by atoms with E-state index in [4.69, 9.17) is 16.7 Å². The molecule has 2 heterocycles. The molecule has 0 fully saturated rings. The first-order valence-electron chi connectivity index (χ1n) is 8.96. The molecule has 0 amide bonds. The maximum atomic E-state index is 12.1. The molecule has 0 saturated carbocycles. The molecule has 0 radical (unpaired) electrons. The molecule has 7 nitrogen and oxygen atoms in total. The number of hydrogen-bond acceptors (Lipinski definition) is 4. The lowest BCUT2D eigenvalue weighted by atomic mass is 10.0. The van der Waals surface area contributed by atoms with Gasteiger partial charge in [0.25, 0.3) is 5.56 Å². The highest BCUT2D eigenvalue weighted by Gasteiger charge is 2.13. The number of fused-ring (bicyclic) bond motifs is 3. The van der Waals surface area contributed by atoms with Crippen molar-refractivity contribution in [2.75, 3.05) is 6.26 Å². The largest absolute Gasteiger partial charge is 0.481 e. The van der Waals surface area contributed by atoms with Crippen LogP contribution in [0.25, 0.3) is 32.9 Å². The predicted molar refractivity (Wildman–Crippen MR) is 118 cm³/mol. The standard InChI is InChI=1S/C18H13ClN2O3S.C3H6O2/c1-25(23,24)11-4-2-3-10(7-11)13-8-14-12-5-6-20-17(12)18(22)21-16(14)9-15(13)19;1-2-3(4)5/h2-9,20H,1H3,(H,21,22);2H2,1H3,(H,4,5). The second-order valence-corrected chi connectivity index (χ2v) is 9.07. The molecule has 30 heavy (non-hydrogen) atoms. The first-order chi connectivity index (χ1) is 14.1. The van der Waals surface area contributed by atoms with Crippen molar-refractivity contribution in [2.45, 2.75) is 18.2 Å². The van der Waals surface area contributed by atoms with Crippen LogP contribution in [0.2, 0.25) is 5.02 Å². The van der Waals surface area contributed by atoms with Gasteiger partial charge >= 0.3 is 5.97 Å². The molecule has 0 unspecified atom stereocenters. The lowest BCUT2D eigenvalue weighted by molar-refractivity contribution is -0.136. The van der Waals surface area contributed by atoms with E-state index in [-0.39, 0.29) is 16.9 Å². The molecule has 2 aromatic heterocycles. The fourth-order valence-corrected chi connectivity index (χ4v) is 3.92. The number of aromatic amines is 2. The Morgan fingerprint density at radius 1 is 1.13 bits per heavy atom. The third-order valence-corrected chi connectivity index (χ3v) is 5.92. The molecule has 0 spiro atoms. The summed E-state index contributed by atoms with van der Waals surface area (Å²) in [7, 11) is -3.32. The van der Waals surface area contributed by atoms with E-state index in [1.165, 1.54) is 6.26 Å². The van der Waals surface area contributed by atoms with Crippen LogP contribution in [0.4, 0.5) is 0 Å². The van der Waals surface area contributed by atoms with Gasteiger partial charge in [0.05, 0.1) is 15.4 Å². The Morgan fingerprint density at radius 2 is 1.83 bits per heavy atom. The zero-order chi connectivity index (χ0) is 22.1. The predicted octanol–water partition coefficient (Wildman–Crippen LogP) is 4.21. The van der Waals surface area contributed by atoms with Crippen molar-refractivity contribution in [1.82, 2.24) is 9.97 Å². The minimum Gasteiger partial charge on any atom is -0.481 e. The maximum Gasteiger partial charge on any atom is 0.303 e. The number of rotatable bonds is 3. The summed E-state index contributed by atoms with van der Waals surface area (Å²) in [5.41, 5.74) is 2.31. The van der Waals surface area contributed by atoms with Crippen molar-refractivity contribution in [3.8, 4) is 11.1 Å². The Hall–Kier alpha value is -3.10. The highest BCUT2D eigenvalue weighted by Crippen LogP contribution is 2.34. The van der Waals surface area contributed by atoms with E-state index in [0.29, 0.717) is 27.2 Å². The monoisotopic (exact) mass is 446 g/mol. The number of carboxylic acids is 1. The van der Waals surface area contributed by atoms with Crippen molar-refractivity contribution in [2.24, 2.45) is 0 Å². The molecule has 0 bridgehead atoms. The lowest BCUT2D eigenvalue weighted by Gasteiger charge is -2.09. The summed E-state index contributed by atoms with van der Waals surface area (Å²) in [6, 6.07) is 12.0. The van der Waals surface area contributed by atoms with Gasteiger partial charge in [-0.15, -0.1) is 0 Å². The highest BCUT2D eigenvalue weighted by molar-refractivity contribution is 7.90. The Morgan fingerprint density at radius 3 is 2.47 bits per heavy atom. The average molecular weight is 447 g/mol. The van der Waals surface area contributed by atoms with Gasteiger partial charge in [0, 0.05) is 35.2 Å². The number of halogens is 1. The molecule has 3 N–H and O–H groups in total. The number of aliphatic carboxylic acids is 1. The van der Waals surface area contributed by atoms with Crippen LogP contribution >= 0.6 is 11.6 Å². The van der Waals surface area contributed by atoms with Crippen molar-refractivity contribution in [3.05, 3.63) is 64.0 Å². The average Bonchev–Trinajstić information content (AvgIpc) is 3.18. The van der Waals surface area contributed by atoms with E-state index in [9.17, 15) is 18.0 Å². The molecule has 4 rings (SSSR count). The number of nitrogens with one attached hydrogen (secondary N) is 2. The summed E-state index contributed by atoms with van der Waals surface area (Å²) in [6.45, 7) is 1.60. The van der Waals surface area contributed by atoms with E-state index in [1.807, 2.05) is 18.2 Å². The van der Waals surface area contributed by atoms with E-state index < -0.39 is 15.8 Å². The quantitative estimate of drug-likeness (QED) is 0.435. The number of benzene rings is 2. The van der Waals surface area contributed by atoms with E-state index >= 15 is 0 Å². The molecule has 9 heteroatoms. The van der Waals surface area contributed by atoms with Gasteiger partial charge in [-0.3, -0.25) is 9.59 Å². The van der Waals surface area contributed by atoms with E-state index in [0.717, 1.165) is 10.8 Å². The Bertz CT molecular complexity index is 1420. The number of sulfone groups is 1. The van der Waals surface area contributed by atoms with Crippen LogP contribution in [0, 0.1) is 0 Å². The molecule has 0 saturated heterocycles. The highest BCUT2D eigenvalue weighted by atomic mass is 35.5. The number of hydrogen-bond donors (Lipinski definition) is 3. The van der Waals surface area contributed by atoms with Crippen LogP contribution < -0.4 is 5.56 Å². The topological polar surface area (TPSA) is 120 Å². The van der Waals surface area contributed by atoms with Crippen molar-refractivity contribution >= 4 is 49.2 Å². The van der Waals surface area contributed by atoms with Gasteiger partial charge in [0.2, 0.25) is 0 Å². The van der Waals surface area contributed by atoms with Gasteiger partial charge in [0.1, 0.15) is 5.52 Å². The van der Waals surface area contributed by atoms with Gasteiger partial charge < -0.3 is 15.1 Å². The number of carbonyl (C=O) groups is 1. The molecule has 0 atom stereocenters. The fourth-order valence-electron chi connectivity index (χ4n) is 2.98. The van der Waals surface area contributed by atoms with E-state index in [2.05, 4.69) is 9.97 Å². The fraction of sp³-hybridized carbons (Fsp3) is 0.143. The molecule has 156 valence electrons. The molecular weight excluding hydrogens is 428 g/mol. The Labute approximate surface area is 177 Å². The van der Waals surface area contributed by atoms with Crippen LogP contribution in [-0.2, 0) is 14.6 Å². The van der Waals surface area contributed by atoms with Crippen LogP contribution in [-0.4, -0.2) is 35.7 Å². The zero-order valence-corrected chi connectivity index (χ0v) is 17.8. The van der Waals surface area contributed by atoms with Crippen molar-refractivity contribution < 1.29 is 18.3 Å². The number of carboxylic acid groups (broad SMARTS) is 1. The first-order valence-corrected chi connectivity index (χ1v) is 11.2. The van der Waals surface area contributed by atoms with Crippen LogP contribution in [0.15, 0.2) is 58.4 Å². The maximum absolute atomic E-state index is 12.1. The Kier molecular flexibility index (Phi) is 6.00. The van der Waals surface area contributed by atoms with Gasteiger partial charge in [-0.1, -0.05) is 30.7 Å². The molecule has 4 aromatic rings. The SMILES string of the molecule is CCC(=O)O.CS(=O)(=O)c1cccc(-c2cc3c(cc2Cl)[nH]c(=O)c2[nH]ccc23)c1. The zero-order valence-electron chi connectivity index (χ0n) is 16.2. The molecule has 0 aliphatic heterocycles. The van der Waals surface area contributed by atoms with E-state index in [1.54, 1.807) is 37.4 Å².